The number of amides is 1. The normalized spacial score (nSPS) is 30.0. The van der Waals surface area contributed by atoms with Gasteiger partial charge in [-0.1, -0.05) is 19.3 Å². The molecule has 0 atom stereocenters. The molecule has 1 amide bonds. The molecule has 18 heavy (non-hydrogen) atoms. The van der Waals surface area contributed by atoms with Gasteiger partial charge < -0.3 is 10.1 Å². The van der Waals surface area contributed by atoms with E-state index in [4.69, 9.17) is 4.74 Å². The average Bonchev–Trinajstić information content (AvgIpc) is 2.36. The van der Waals surface area contributed by atoms with Gasteiger partial charge in [-0.15, -0.1) is 0 Å². The molecule has 2 aliphatic rings. The van der Waals surface area contributed by atoms with Crippen molar-refractivity contribution in [2.45, 2.75) is 51.0 Å². The summed E-state index contributed by atoms with van der Waals surface area (Å²) in [5.74, 6) is 0.192. The minimum Gasteiger partial charge on any atom is -0.381 e. The lowest BCUT2D eigenvalue weighted by molar-refractivity contribution is -0.133. The maximum atomic E-state index is 11.9. The standard InChI is InChI=1S/C14H22N2O2/c1-18-12-7-11(8-12)13(17)16-10-14(9-15)5-3-2-4-6-14/h11-12H,2-8,10H2,1H3,(H,16,17). The molecule has 0 spiro atoms. The van der Waals surface area contributed by atoms with Gasteiger partial charge in [0.1, 0.15) is 0 Å². The number of hydrogen-bond donors (Lipinski definition) is 1. The molecular weight excluding hydrogens is 228 g/mol. The van der Waals surface area contributed by atoms with Crippen LogP contribution in [-0.4, -0.2) is 25.7 Å². The molecule has 0 radical (unpaired) electrons. The van der Waals surface area contributed by atoms with Gasteiger partial charge in [0, 0.05) is 19.6 Å². The van der Waals surface area contributed by atoms with Gasteiger partial charge in [0.25, 0.3) is 0 Å². The summed E-state index contributed by atoms with van der Waals surface area (Å²) in [6.07, 6.45) is 7.18. The number of nitrogens with one attached hydrogen (secondary N) is 1. The third-order valence-corrected chi connectivity index (χ3v) is 4.45. The van der Waals surface area contributed by atoms with Crippen LogP contribution in [0.2, 0.25) is 0 Å². The van der Waals surface area contributed by atoms with Gasteiger partial charge in [-0.05, 0) is 25.7 Å². The molecule has 1 N–H and O–H groups in total. The van der Waals surface area contributed by atoms with Crippen molar-refractivity contribution in [2.24, 2.45) is 11.3 Å². The van der Waals surface area contributed by atoms with Gasteiger partial charge >= 0.3 is 0 Å². The molecule has 100 valence electrons. The second kappa shape index (κ2) is 5.71. The van der Waals surface area contributed by atoms with Crippen molar-refractivity contribution in [2.75, 3.05) is 13.7 Å². The average molecular weight is 250 g/mol. The monoisotopic (exact) mass is 250 g/mol. The second-order valence-corrected chi connectivity index (χ2v) is 5.70. The van der Waals surface area contributed by atoms with Crippen LogP contribution >= 0.6 is 0 Å². The molecule has 4 heteroatoms. The summed E-state index contributed by atoms with van der Waals surface area (Å²) in [6, 6.07) is 2.43. The van der Waals surface area contributed by atoms with Gasteiger partial charge in [0.2, 0.25) is 5.91 Å². The maximum absolute atomic E-state index is 11.9. The van der Waals surface area contributed by atoms with Crippen LogP contribution in [0, 0.1) is 22.7 Å². The summed E-state index contributed by atoms with van der Waals surface area (Å²) in [5.41, 5.74) is -0.307. The number of carbonyl (C=O) groups is 1. The molecule has 0 aromatic carbocycles. The summed E-state index contributed by atoms with van der Waals surface area (Å²) in [5, 5.41) is 12.3. The van der Waals surface area contributed by atoms with Crippen molar-refractivity contribution < 1.29 is 9.53 Å². The van der Waals surface area contributed by atoms with Crippen molar-refractivity contribution in [3.63, 3.8) is 0 Å². The Hall–Kier alpha value is -1.08. The molecule has 2 saturated carbocycles. The van der Waals surface area contributed by atoms with Crippen LogP contribution in [0.5, 0.6) is 0 Å². The van der Waals surface area contributed by atoms with Gasteiger partial charge in [0.05, 0.1) is 17.6 Å². The maximum Gasteiger partial charge on any atom is 0.223 e. The van der Waals surface area contributed by atoms with Crippen molar-refractivity contribution in [1.82, 2.24) is 5.32 Å². The molecule has 4 nitrogen and oxygen atoms in total. The molecule has 2 rings (SSSR count). The van der Waals surface area contributed by atoms with Crippen LogP contribution in [0.15, 0.2) is 0 Å². The molecule has 0 saturated heterocycles. The number of rotatable bonds is 4. The van der Waals surface area contributed by atoms with Crippen molar-refractivity contribution in [1.29, 1.82) is 5.26 Å². The Balaban J connectivity index is 1.77. The van der Waals surface area contributed by atoms with Crippen LogP contribution in [0.25, 0.3) is 0 Å². The zero-order valence-electron chi connectivity index (χ0n) is 11.1. The predicted octanol–water partition coefficient (Wildman–Crippen LogP) is 2.00. The highest BCUT2D eigenvalue weighted by Crippen LogP contribution is 2.35. The first kappa shape index (κ1) is 13.4. The van der Waals surface area contributed by atoms with E-state index in [1.807, 2.05) is 0 Å². The zero-order valence-corrected chi connectivity index (χ0v) is 11.1. The fraction of sp³-hybridized carbons (Fsp3) is 0.857. The lowest BCUT2D eigenvalue weighted by Gasteiger charge is -2.35. The molecule has 2 fully saturated rings. The Labute approximate surface area is 109 Å². The van der Waals surface area contributed by atoms with Crippen molar-refractivity contribution in [3.8, 4) is 6.07 Å². The van der Waals surface area contributed by atoms with E-state index in [2.05, 4.69) is 11.4 Å². The Morgan fingerprint density at radius 1 is 1.39 bits per heavy atom. The minimum atomic E-state index is -0.307. The van der Waals surface area contributed by atoms with Gasteiger partial charge in [0.15, 0.2) is 0 Å². The highest BCUT2D eigenvalue weighted by molar-refractivity contribution is 5.79. The number of methoxy groups -OCH3 is 1. The van der Waals surface area contributed by atoms with E-state index in [1.54, 1.807) is 7.11 Å². The third kappa shape index (κ3) is 2.84. The molecule has 0 aromatic rings. The van der Waals surface area contributed by atoms with Crippen LogP contribution < -0.4 is 5.32 Å². The smallest absolute Gasteiger partial charge is 0.223 e. The first-order valence-corrected chi connectivity index (χ1v) is 6.91. The van der Waals surface area contributed by atoms with Crippen molar-refractivity contribution in [3.05, 3.63) is 0 Å². The van der Waals surface area contributed by atoms with E-state index in [0.717, 1.165) is 38.5 Å². The third-order valence-electron chi connectivity index (χ3n) is 4.45. The van der Waals surface area contributed by atoms with E-state index in [-0.39, 0.29) is 23.3 Å². The topological polar surface area (TPSA) is 62.1 Å². The Morgan fingerprint density at radius 2 is 2.06 bits per heavy atom. The summed E-state index contributed by atoms with van der Waals surface area (Å²) in [7, 11) is 1.69. The first-order chi connectivity index (χ1) is 8.69. The Morgan fingerprint density at radius 3 is 2.61 bits per heavy atom. The second-order valence-electron chi connectivity index (χ2n) is 5.70. The number of carbonyl (C=O) groups excluding carboxylic acids is 1. The molecule has 0 bridgehead atoms. The highest BCUT2D eigenvalue weighted by Gasteiger charge is 2.37. The molecule has 0 unspecified atom stereocenters. The fourth-order valence-corrected chi connectivity index (χ4v) is 2.93. The van der Waals surface area contributed by atoms with Crippen LogP contribution in [0.1, 0.15) is 44.9 Å². The summed E-state index contributed by atoms with van der Waals surface area (Å²) in [4.78, 5) is 11.9. The first-order valence-electron chi connectivity index (χ1n) is 6.91. The minimum absolute atomic E-state index is 0.0919. The van der Waals surface area contributed by atoms with Crippen molar-refractivity contribution >= 4 is 5.91 Å². The lowest BCUT2D eigenvalue weighted by atomic mass is 9.75. The SMILES string of the molecule is COC1CC(C(=O)NCC2(C#N)CCCCC2)C1. The fourth-order valence-electron chi connectivity index (χ4n) is 2.93. The molecule has 0 aliphatic heterocycles. The predicted molar refractivity (Wildman–Crippen MR) is 67.7 cm³/mol. The zero-order chi connectivity index (χ0) is 13.0. The Bertz CT molecular complexity index is 336. The van der Waals surface area contributed by atoms with E-state index in [0.29, 0.717) is 6.54 Å². The van der Waals surface area contributed by atoms with Crippen LogP contribution in [-0.2, 0) is 9.53 Å². The molecule has 0 heterocycles. The number of hydrogen-bond acceptors (Lipinski definition) is 3. The summed E-state index contributed by atoms with van der Waals surface area (Å²) in [6.45, 7) is 0.524. The van der Waals surface area contributed by atoms with Gasteiger partial charge in [-0.3, -0.25) is 4.79 Å². The van der Waals surface area contributed by atoms with Crippen LogP contribution in [0.4, 0.5) is 0 Å². The largest absolute Gasteiger partial charge is 0.381 e. The molecule has 2 aliphatic carbocycles. The number of nitriles is 1. The van der Waals surface area contributed by atoms with E-state index in [9.17, 15) is 10.1 Å². The number of ether oxygens (including phenoxy) is 1. The van der Waals surface area contributed by atoms with E-state index in [1.165, 1.54) is 6.42 Å². The lowest BCUT2D eigenvalue weighted by Crippen LogP contribution is -2.45. The Kier molecular flexibility index (Phi) is 4.23. The van der Waals surface area contributed by atoms with Crippen LogP contribution in [0.3, 0.4) is 0 Å². The quantitative estimate of drug-likeness (QED) is 0.830. The summed E-state index contributed by atoms with van der Waals surface area (Å²) >= 11 is 0. The number of nitrogens with zero attached hydrogens (tertiary/aromatic N) is 1. The summed E-state index contributed by atoms with van der Waals surface area (Å²) < 4.78 is 5.17. The molecular formula is C14H22N2O2. The van der Waals surface area contributed by atoms with Gasteiger partial charge in [-0.2, -0.15) is 5.26 Å². The highest BCUT2D eigenvalue weighted by atomic mass is 16.5. The van der Waals surface area contributed by atoms with E-state index >= 15 is 0 Å². The van der Waals surface area contributed by atoms with Gasteiger partial charge in [-0.25, -0.2) is 0 Å². The van der Waals surface area contributed by atoms with E-state index < -0.39 is 0 Å². The molecule has 0 aromatic heterocycles.